The lowest BCUT2D eigenvalue weighted by atomic mass is 10.1. The number of para-hydroxylation sites is 1. The van der Waals surface area contributed by atoms with E-state index in [0.717, 1.165) is 18.5 Å². The second-order valence-electron chi connectivity index (χ2n) is 6.43. The topological polar surface area (TPSA) is 94.7 Å². The number of nitrogens with one attached hydrogen (secondary N) is 2. The first-order valence-corrected chi connectivity index (χ1v) is 8.37. The van der Waals surface area contributed by atoms with Gasteiger partial charge in [-0.1, -0.05) is 12.1 Å². The molecule has 1 aliphatic rings. The average molecular weight is 337 g/mol. The summed E-state index contributed by atoms with van der Waals surface area (Å²) >= 11 is 0. The molecule has 0 bridgehead atoms. The number of aromatic nitrogens is 4. The fraction of sp³-hybridized carbons (Fsp3) is 0.333. The van der Waals surface area contributed by atoms with Crippen LogP contribution in [0.1, 0.15) is 46.5 Å². The molecule has 1 aliphatic heterocycles. The predicted molar refractivity (Wildman–Crippen MR) is 93.4 cm³/mol. The van der Waals surface area contributed by atoms with Crippen LogP contribution in [0.3, 0.4) is 0 Å². The monoisotopic (exact) mass is 337 g/mol. The van der Waals surface area contributed by atoms with Gasteiger partial charge in [0.25, 0.3) is 11.5 Å². The summed E-state index contributed by atoms with van der Waals surface area (Å²) in [7, 11) is 0. The quantitative estimate of drug-likeness (QED) is 0.750. The molecular formula is C18H19N5O2. The molecule has 1 unspecified atom stereocenters. The van der Waals surface area contributed by atoms with E-state index in [4.69, 9.17) is 0 Å². The standard InChI is InChI=1S/C18H19N5O2/c1-10-15(11(2)22-21-10)18(25)23-9-5-8-14(23)16-19-13-7-4-3-6-12(13)17(24)20-16/h3-4,6-7,14H,5,8-9H2,1-2H3,(H,21,22)(H,19,20,24). The maximum atomic E-state index is 13.0. The van der Waals surface area contributed by atoms with E-state index in [1.165, 1.54) is 0 Å². The Labute approximate surface area is 144 Å². The van der Waals surface area contributed by atoms with E-state index >= 15 is 0 Å². The molecule has 25 heavy (non-hydrogen) atoms. The van der Waals surface area contributed by atoms with Crippen LogP contribution in [0.15, 0.2) is 29.1 Å². The number of amides is 1. The minimum Gasteiger partial charge on any atom is -0.328 e. The van der Waals surface area contributed by atoms with E-state index in [1.54, 1.807) is 11.0 Å². The van der Waals surface area contributed by atoms with Crippen molar-refractivity contribution in [3.8, 4) is 0 Å². The normalized spacial score (nSPS) is 17.4. The zero-order valence-electron chi connectivity index (χ0n) is 14.2. The molecule has 1 aromatic carbocycles. The van der Waals surface area contributed by atoms with E-state index in [2.05, 4.69) is 20.2 Å². The molecule has 0 aliphatic carbocycles. The number of carbonyl (C=O) groups is 1. The number of aromatic amines is 2. The number of aryl methyl sites for hydroxylation is 2. The van der Waals surface area contributed by atoms with Crippen molar-refractivity contribution in [1.82, 2.24) is 25.1 Å². The largest absolute Gasteiger partial charge is 0.328 e. The van der Waals surface area contributed by atoms with Crippen molar-refractivity contribution in [3.05, 3.63) is 57.4 Å². The molecule has 3 heterocycles. The summed E-state index contributed by atoms with van der Waals surface area (Å²) in [6.45, 7) is 4.30. The molecule has 0 radical (unpaired) electrons. The number of fused-ring (bicyclic) bond motifs is 1. The first kappa shape index (κ1) is 15.6. The molecule has 7 heteroatoms. The van der Waals surface area contributed by atoms with Crippen LogP contribution < -0.4 is 5.56 Å². The van der Waals surface area contributed by atoms with Crippen LogP contribution in [0.4, 0.5) is 0 Å². The number of likely N-dealkylation sites (tertiary alicyclic amines) is 1. The van der Waals surface area contributed by atoms with E-state index in [-0.39, 0.29) is 17.5 Å². The highest BCUT2D eigenvalue weighted by Gasteiger charge is 2.34. The van der Waals surface area contributed by atoms with Gasteiger partial charge < -0.3 is 9.88 Å². The van der Waals surface area contributed by atoms with E-state index in [9.17, 15) is 9.59 Å². The smallest absolute Gasteiger partial charge is 0.258 e. The zero-order chi connectivity index (χ0) is 17.6. The second-order valence-corrected chi connectivity index (χ2v) is 6.43. The van der Waals surface area contributed by atoms with Crippen molar-refractivity contribution in [2.24, 2.45) is 0 Å². The number of hydrogen-bond acceptors (Lipinski definition) is 4. The fourth-order valence-corrected chi connectivity index (χ4v) is 3.57. The Kier molecular flexibility index (Phi) is 3.63. The maximum absolute atomic E-state index is 13.0. The number of hydrogen-bond donors (Lipinski definition) is 2. The molecule has 1 saturated heterocycles. The van der Waals surface area contributed by atoms with Crippen LogP contribution in [0.25, 0.3) is 10.9 Å². The van der Waals surface area contributed by atoms with Gasteiger partial charge in [-0.15, -0.1) is 0 Å². The van der Waals surface area contributed by atoms with E-state index in [1.807, 2.05) is 32.0 Å². The molecule has 2 N–H and O–H groups in total. The van der Waals surface area contributed by atoms with Crippen molar-refractivity contribution in [1.29, 1.82) is 0 Å². The third-order valence-corrected chi connectivity index (χ3v) is 4.80. The summed E-state index contributed by atoms with van der Waals surface area (Å²) in [5.41, 5.74) is 2.53. The van der Waals surface area contributed by atoms with E-state index < -0.39 is 0 Å². The highest BCUT2D eigenvalue weighted by Crippen LogP contribution is 2.32. The Morgan fingerprint density at radius 3 is 2.84 bits per heavy atom. The Balaban J connectivity index is 1.75. The minimum atomic E-state index is -0.224. The van der Waals surface area contributed by atoms with Crippen LogP contribution in [-0.4, -0.2) is 37.5 Å². The van der Waals surface area contributed by atoms with Crippen LogP contribution in [0.2, 0.25) is 0 Å². The first-order valence-electron chi connectivity index (χ1n) is 8.37. The van der Waals surface area contributed by atoms with Gasteiger partial charge in [0.15, 0.2) is 0 Å². The summed E-state index contributed by atoms with van der Waals surface area (Å²) in [6.07, 6.45) is 1.66. The van der Waals surface area contributed by atoms with Gasteiger partial charge in [-0.25, -0.2) is 4.98 Å². The Morgan fingerprint density at radius 1 is 1.28 bits per heavy atom. The minimum absolute atomic E-state index is 0.0675. The summed E-state index contributed by atoms with van der Waals surface area (Å²) in [6, 6.07) is 7.02. The SMILES string of the molecule is Cc1n[nH]c(C)c1C(=O)N1CCCC1c1nc2ccccc2c(=O)[nH]1. The van der Waals surface area contributed by atoms with Crippen LogP contribution in [0.5, 0.6) is 0 Å². The highest BCUT2D eigenvalue weighted by atomic mass is 16.2. The molecule has 0 saturated carbocycles. The van der Waals surface area contributed by atoms with Gasteiger partial charge in [-0.2, -0.15) is 5.10 Å². The zero-order valence-corrected chi connectivity index (χ0v) is 14.2. The van der Waals surface area contributed by atoms with Crippen LogP contribution in [0, 0.1) is 13.8 Å². The Bertz CT molecular complexity index is 1000. The van der Waals surface area contributed by atoms with Gasteiger partial charge >= 0.3 is 0 Å². The highest BCUT2D eigenvalue weighted by molar-refractivity contribution is 5.96. The number of H-pyrrole nitrogens is 2. The Morgan fingerprint density at radius 2 is 2.08 bits per heavy atom. The lowest BCUT2D eigenvalue weighted by Crippen LogP contribution is -2.33. The summed E-state index contributed by atoms with van der Waals surface area (Å²) < 4.78 is 0. The van der Waals surface area contributed by atoms with Gasteiger partial charge in [0.1, 0.15) is 5.82 Å². The Hall–Kier alpha value is -2.96. The van der Waals surface area contributed by atoms with Crippen LogP contribution >= 0.6 is 0 Å². The van der Waals surface area contributed by atoms with Crippen LogP contribution in [-0.2, 0) is 0 Å². The third-order valence-electron chi connectivity index (χ3n) is 4.80. The van der Waals surface area contributed by atoms with E-state index in [0.29, 0.717) is 34.5 Å². The van der Waals surface area contributed by atoms with Crippen molar-refractivity contribution in [2.75, 3.05) is 6.54 Å². The lowest BCUT2D eigenvalue weighted by Gasteiger charge is -2.24. The first-order chi connectivity index (χ1) is 12.1. The van der Waals surface area contributed by atoms with Crippen molar-refractivity contribution < 1.29 is 4.79 Å². The number of nitrogens with zero attached hydrogens (tertiary/aromatic N) is 3. The lowest BCUT2D eigenvalue weighted by molar-refractivity contribution is 0.0728. The number of rotatable bonds is 2. The molecule has 1 atom stereocenters. The molecule has 2 aromatic heterocycles. The molecule has 7 nitrogen and oxygen atoms in total. The molecule has 4 rings (SSSR count). The predicted octanol–water partition coefficient (Wildman–Crippen LogP) is 2.24. The molecule has 1 amide bonds. The molecule has 3 aromatic rings. The van der Waals surface area contributed by atoms with Gasteiger partial charge in [0.05, 0.1) is 28.2 Å². The van der Waals surface area contributed by atoms with Gasteiger partial charge in [0, 0.05) is 12.2 Å². The van der Waals surface area contributed by atoms with Crippen molar-refractivity contribution in [2.45, 2.75) is 32.7 Å². The number of benzene rings is 1. The summed E-state index contributed by atoms with van der Waals surface area (Å²) in [4.78, 5) is 34.6. The number of carbonyl (C=O) groups excluding carboxylic acids is 1. The summed E-state index contributed by atoms with van der Waals surface area (Å²) in [5.74, 6) is 0.482. The maximum Gasteiger partial charge on any atom is 0.258 e. The molecular weight excluding hydrogens is 318 g/mol. The second kappa shape index (κ2) is 5.84. The molecule has 0 spiro atoms. The fourth-order valence-electron chi connectivity index (χ4n) is 3.57. The summed E-state index contributed by atoms with van der Waals surface area (Å²) in [5, 5.41) is 7.53. The van der Waals surface area contributed by atoms with Gasteiger partial charge in [-0.3, -0.25) is 14.7 Å². The third kappa shape index (κ3) is 2.52. The van der Waals surface area contributed by atoms with Gasteiger partial charge in [-0.05, 0) is 38.8 Å². The molecule has 128 valence electrons. The average Bonchev–Trinajstić information content (AvgIpc) is 3.21. The van der Waals surface area contributed by atoms with Crippen molar-refractivity contribution in [3.63, 3.8) is 0 Å². The molecule has 1 fully saturated rings. The van der Waals surface area contributed by atoms with Crippen molar-refractivity contribution >= 4 is 16.8 Å². The van der Waals surface area contributed by atoms with Gasteiger partial charge in [0.2, 0.25) is 0 Å².